The predicted molar refractivity (Wildman–Crippen MR) is 110 cm³/mol. The fourth-order valence-electron chi connectivity index (χ4n) is 3.39. The number of nitrogens with one attached hydrogen (secondary N) is 2. The van der Waals surface area contributed by atoms with Crippen molar-refractivity contribution in [1.29, 1.82) is 0 Å². The molecular formula is C21H28N4O3. The Balaban J connectivity index is 1.53. The van der Waals surface area contributed by atoms with E-state index >= 15 is 0 Å². The van der Waals surface area contributed by atoms with Gasteiger partial charge in [0.1, 0.15) is 0 Å². The average Bonchev–Trinajstić information content (AvgIpc) is 2.72. The minimum Gasteiger partial charge on any atom is -0.368 e. The SMILES string of the molecule is CCC(C)CC(=O)NCC(=O)N1CCN(c2ccc3[nH]ccc(=O)c3c2)CC1. The number of aromatic amines is 1. The molecule has 0 radical (unpaired) electrons. The van der Waals surface area contributed by atoms with E-state index in [1.165, 1.54) is 6.07 Å². The number of benzene rings is 1. The number of hydrogen-bond acceptors (Lipinski definition) is 4. The van der Waals surface area contributed by atoms with E-state index in [4.69, 9.17) is 0 Å². The highest BCUT2D eigenvalue weighted by atomic mass is 16.2. The molecule has 1 aromatic heterocycles. The summed E-state index contributed by atoms with van der Waals surface area (Å²) in [6.45, 7) is 6.73. The first-order chi connectivity index (χ1) is 13.5. The zero-order valence-electron chi connectivity index (χ0n) is 16.5. The second-order valence-electron chi connectivity index (χ2n) is 7.43. The lowest BCUT2D eigenvalue weighted by Gasteiger charge is -2.36. The number of hydrogen-bond donors (Lipinski definition) is 2. The van der Waals surface area contributed by atoms with Crippen LogP contribution >= 0.6 is 0 Å². The summed E-state index contributed by atoms with van der Waals surface area (Å²) in [5.41, 5.74) is 1.80. The summed E-state index contributed by atoms with van der Waals surface area (Å²) in [7, 11) is 0. The number of fused-ring (bicyclic) bond motifs is 1. The van der Waals surface area contributed by atoms with Crippen LogP contribution in [0.2, 0.25) is 0 Å². The van der Waals surface area contributed by atoms with Crippen LogP contribution in [0.5, 0.6) is 0 Å². The molecule has 150 valence electrons. The first-order valence-electron chi connectivity index (χ1n) is 9.88. The Morgan fingerprint density at radius 2 is 1.93 bits per heavy atom. The smallest absolute Gasteiger partial charge is 0.242 e. The van der Waals surface area contributed by atoms with E-state index in [0.29, 0.717) is 43.9 Å². The molecule has 0 spiro atoms. The molecule has 1 unspecified atom stereocenters. The Hall–Kier alpha value is -2.83. The molecule has 2 amide bonds. The number of H-pyrrole nitrogens is 1. The summed E-state index contributed by atoms with van der Waals surface area (Å²) in [4.78, 5) is 43.3. The molecule has 0 bridgehead atoms. The maximum absolute atomic E-state index is 12.4. The molecule has 3 rings (SSSR count). The number of rotatable bonds is 6. The van der Waals surface area contributed by atoms with Gasteiger partial charge >= 0.3 is 0 Å². The van der Waals surface area contributed by atoms with Gasteiger partial charge in [-0.1, -0.05) is 20.3 Å². The molecule has 7 nitrogen and oxygen atoms in total. The number of amides is 2. The molecule has 1 atom stereocenters. The maximum Gasteiger partial charge on any atom is 0.242 e. The number of pyridine rings is 1. The predicted octanol–water partition coefficient (Wildman–Crippen LogP) is 1.73. The van der Waals surface area contributed by atoms with Crippen LogP contribution in [0.25, 0.3) is 10.9 Å². The maximum atomic E-state index is 12.4. The molecular weight excluding hydrogens is 356 g/mol. The van der Waals surface area contributed by atoms with Crippen LogP contribution in [0.1, 0.15) is 26.7 Å². The molecule has 1 aromatic carbocycles. The van der Waals surface area contributed by atoms with E-state index in [1.807, 2.05) is 32.0 Å². The highest BCUT2D eigenvalue weighted by molar-refractivity contribution is 5.85. The first kappa shape index (κ1) is 19.9. The largest absolute Gasteiger partial charge is 0.368 e. The van der Waals surface area contributed by atoms with Crippen molar-refractivity contribution >= 4 is 28.4 Å². The molecule has 1 aliphatic rings. The fourth-order valence-corrected chi connectivity index (χ4v) is 3.39. The Kier molecular flexibility index (Phi) is 6.34. The standard InChI is InChI=1S/C21H28N4O3/c1-3-15(2)12-20(27)23-14-21(28)25-10-8-24(9-11-25)16-4-5-18-17(13-16)19(26)6-7-22-18/h4-7,13,15H,3,8-12,14H2,1-2H3,(H,22,26)(H,23,27). The van der Waals surface area contributed by atoms with Crippen molar-refractivity contribution in [3.8, 4) is 0 Å². The van der Waals surface area contributed by atoms with E-state index in [1.54, 1.807) is 11.1 Å². The Labute approximate surface area is 164 Å². The number of carbonyl (C=O) groups excluding carboxylic acids is 2. The number of carbonyl (C=O) groups is 2. The fraction of sp³-hybridized carbons (Fsp3) is 0.476. The molecule has 1 saturated heterocycles. The van der Waals surface area contributed by atoms with Gasteiger partial charge in [-0.05, 0) is 24.1 Å². The van der Waals surface area contributed by atoms with Crippen molar-refractivity contribution in [2.75, 3.05) is 37.6 Å². The van der Waals surface area contributed by atoms with E-state index < -0.39 is 0 Å². The van der Waals surface area contributed by atoms with Crippen LogP contribution in [0.15, 0.2) is 35.3 Å². The number of aromatic nitrogens is 1. The van der Waals surface area contributed by atoms with Crippen molar-refractivity contribution in [1.82, 2.24) is 15.2 Å². The first-order valence-corrected chi connectivity index (χ1v) is 9.88. The lowest BCUT2D eigenvalue weighted by molar-refractivity contribution is -0.133. The summed E-state index contributed by atoms with van der Waals surface area (Å²) in [5, 5.41) is 3.40. The van der Waals surface area contributed by atoms with Gasteiger partial charge in [0, 0.05) is 61.5 Å². The zero-order valence-corrected chi connectivity index (χ0v) is 16.5. The van der Waals surface area contributed by atoms with Crippen LogP contribution in [-0.2, 0) is 9.59 Å². The third-order valence-corrected chi connectivity index (χ3v) is 5.41. The number of anilines is 1. The van der Waals surface area contributed by atoms with E-state index in [9.17, 15) is 14.4 Å². The van der Waals surface area contributed by atoms with Crippen molar-refractivity contribution in [2.24, 2.45) is 5.92 Å². The van der Waals surface area contributed by atoms with Crippen molar-refractivity contribution in [2.45, 2.75) is 26.7 Å². The van der Waals surface area contributed by atoms with Gasteiger partial charge in [0.2, 0.25) is 11.8 Å². The minimum absolute atomic E-state index is 0.00227. The molecule has 7 heteroatoms. The Morgan fingerprint density at radius 3 is 2.64 bits per heavy atom. The quantitative estimate of drug-likeness (QED) is 0.794. The van der Waals surface area contributed by atoms with Gasteiger partial charge < -0.3 is 20.1 Å². The van der Waals surface area contributed by atoms with Crippen LogP contribution in [0.3, 0.4) is 0 Å². The number of piperazine rings is 1. The topological polar surface area (TPSA) is 85.5 Å². The van der Waals surface area contributed by atoms with Crippen molar-refractivity contribution < 1.29 is 9.59 Å². The van der Waals surface area contributed by atoms with Gasteiger partial charge in [-0.15, -0.1) is 0 Å². The van der Waals surface area contributed by atoms with Gasteiger partial charge in [-0.3, -0.25) is 14.4 Å². The molecule has 2 aromatic rings. The second-order valence-corrected chi connectivity index (χ2v) is 7.43. The summed E-state index contributed by atoms with van der Waals surface area (Å²) in [6.07, 6.45) is 3.05. The van der Waals surface area contributed by atoms with Crippen LogP contribution in [0, 0.1) is 5.92 Å². The van der Waals surface area contributed by atoms with Crippen molar-refractivity contribution in [3.63, 3.8) is 0 Å². The summed E-state index contributed by atoms with van der Waals surface area (Å²) in [5.74, 6) is 0.211. The number of nitrogens with zero attached hydrogens (tertiary/aromatic N) is 2. The van der Waals surface area contributed by atoms with Gasteiger partial charge in [-0.2, -0.15) is 0 Å². The molecule has 2 heterocycles. The second kappa shape index (κ2) is 8.91. The van der Waals surface area contributed by atoms with E-state index in [-0.39, 0.29) is 23.8 Å². The summed E-state index contributed by atoms with van der Waals surface area (Å²) in [6, 6.07) is 7.33. The molecule has 0 saturated carbocycles. The molecule has 0 aliphatic carbocycles. The third kappa shape index (κ3) is 4.71. The van der Waals surface area contributed by atoms with Gasteiger partial charge in [0.15, 0.2) is 5.43 Å². The van der Waals surface area contributed by atoms with E-state index in [0.717, 1.165) is 17.6 Å². The highest BCUT2D eigenvalue weighted by Gasteiger charge is 2.22. The minimum atomic E-state index is -0.0669. The van der Waals surface area contributed by atoms with Crippen LogP contribution in [-0.4, -0.2) is 54.4 Å². The van der Waals surface area contributed by atoms with Crippen LogP contribution in [0.4, 0.5) is 5.69 Å². The highest BCUT2D eigenvalue weighted by Crippen LogP contribution is 2.20. The Morgan fingerprint density at radius 1 is 1.18 bits per heavy atom. The summed E-state index contributed by atoms with van der Waals surface area (Å²) >= 11 is 0. The van der Waals surface area contributed by atoms with Gasteiger partial charge in [0.05, 0.1) is 6.54 Å². The average molecular weight is 384 g/mol. The van der Waals surface area contributed by atoms with Crippen molar-refractivity contribution in [3.05, 3.63) is 40.7 Å². The molecule has 28 heavy (non-hydrogen) atoms. The molecule has 1 aliphatic heterocycles. The van der Waals surface area contributed by atoms with Crippen LogP contribution < -0.4 is 15.6 Å². The normalized spacial score (nSPS) is 15.5. The third-order valence-electron chi connectivity index (χ3n) is 5.41. The lowest BCUT2D eigenvalue weighted by Crippen LogP contribution is -2.51. The zero-order chi connectivity index (χ0) is 20.1. The summed E-state index contributed by atoms with van der Waals surface area (Å²) < 4.78 is 0. The Bertz CT molecular complexity index is 900. The van der Waals surface area contributed by atoms with Gasteiger partial charge in [0.25, 0.3) is 0 Å². The molecule has 2 N–H and O–H groups in total. The van der Waals surface area contributed by atoms with Gasteiger partial charge in [-0.25, -0.2) is 0 Å². The molecule has 1 fully saturated rings. The monoisotopic (exact) mass is 384 g/mol. The van der Waals surface area contributed by atoms with E-state index in [2.05, 4.69) is 15.2 Å². The lowest BCUT2D eigenvalue weighted by atomic mass is 10.1.